The van der Waals surface area contributed by atoms with Crippen LogP contribution in [-0.2, 0) is 16.4 Å². The first-order valence-electron chi connectivity index (χ1n) is 9.43. The van der Waals surface area contributed by atoms with Crippen molar-refractivity contribution in [2.24, 2.45) is 0 Å². The number of benzene rings is 2. The van der Waals surface area contributed by atoms with Crippen LogP contribution in [0.5, 0.6) is 0 Å². The van der Waals surface area contributed by atoms with Crippen LogP contribution in [-0.4, -0.2) is 23.7 Å². The summed E-state index contributed by atoms with van der Waals surface area (Å²) in [5.74, 6) is 0.426. The molecule has 0 bridgehead atoms. The van der Waals surface area contributed by atoms with Gasteiger partial charge in [-0.15, -0.1) is 0 Å². The van der Waals surface area contributed by atoms with Crippen molar-refractivity contribution in [2.45, 2.75) is 43.0 Å². The fourth-order valence-corrected chi connectivity index (χ4v) is 6.50. The van der Waals surface area contributed by atoms with E-state index in [1.54, 1.807) is 29.1 Å². The third-order valence-corrected chi connectivity index (χ3v) is 7.92. The van der Waals surface area contributed by atoms with Crippen LogP contribution >= 0.6 is 15.9 Å². The van der Waals surface area contributed by atoms with Crippen LogP contribution in [0, 0.1) is 0 Å². The summed E-state index contributed by atoms with van der Waals surface area (Å²) in [5.41, 5.74) is 1.62. The molecule has 4 rings (SSSR count). The summed E-state index contributed by atoms with van der Waals surface area (Å²) in [7, 11) is -3.18. The van der Waals surface area contributed by atoms with E-state index >= 15 is 0 Å². The standard InChI is InChI=1S/C21H21BrN2O3S/c22-17-8-5-10-19-20(17)15(11-13-28(19,26)27)6-3-4-12-24-14-23-18-9-2-1-7-16(18)21(24)25/h1-2,5,7-10,14-15H,3-4,6,11-13H2. The summed E-state index contributed by atoms with van der Waals surface area (Å²) < 4.78 is 27.3. The van der Waals surface area contributed by atoms with Gasteiger partial charge in [-0.3, -0.25) is 9.36 Å². The molecule has 7 heteroatoms. The Morgan fingerprint density at radius 1 is 1.11 bits per heavy atom. The Bertz CT molecular complexity index is 1190. The molecule has 2 aromatic carbocycles. The van der Waals surface area contributed by atoms with E-state index < -0.39 is 9.84 Å². The molecule has 0 saturated carbocycles. The number of sulfone groups is 1. The fraction of sp³-hybridized carbons (Fsp3) is 0.333. The van der Waals surface area contributed by atoms with Gasteiger partial charge in [-0.1, -0.05) is 40.5 Å². The second-order valence-electron chi connectivity index (χ2n) is 7.21. The van der Waals surface area contributed by atoms with E-state index in [4.69, 9.17) is 0 Å². The highest BCUT2D eigenvalue weighted by molar-refractivity contribution is 9.10. The number of unbranched alkanes of at least 4 members (excludes halogenated alkanes) is 1. The molecule has 0 aliphatic carbocycles. The molecule has 0 amide bonds. The van der Waals surface area contributed by atoms with E-state index in [9.17, 15) is 13.2 Å². The van der Waals surface area contributed by atoms with E-state index in [-0.39, 0.29) is 17.2 Å². The molecule has 0 fully saturated rings. The number of fused-ring (bicyclic) bond motifs is 2. The Labute approximate surface area is 172 Å². The molecular formula is C21H21BrN2O3S. The first-order chi connectivity index (χ1) is 13.5. The van der Waals surface area contributed by atoms with E-state index in [1.807, 2.05) is 24.3 Å². The molecule has 0 spiro atoms. The van der Waals surface area contributed by atoms with Gasteiger partial charge in [0.05, 0.1) is 27.9 Å². The third kappa shape index (κ3) is 3.65. The van der Waals surface area contributed by atoms with Gasteiger partial charge >= 0.3 is 0 Å². The zero-order valence-corrected chi connectivity index (χ0v) is 17.7. The van der Waals surface area contributed by atoms with Crippen LogP contribution in [0.2, 0.25) is 0 Å². The van der Waals surface area contributed by atoms with Crippen molar-refractivity contribution in [3.8, 4) is 0 Å². The molecule has 2 heterocycles. The Balaban J connectivity index is 1.44. The molecule has 28 heavy (non-hydrogen) atoms. The van der Waals surface area contributed by atoms with Gasteiger partial charge in [0.15, 0.2) is 9.84 Å². The zero-order chi connectivity index (χ0) is 19.7. The van der Waals surface area contributed by atoms with Crippen molar-refractivity contribution in [3.05, 3.63) is 69.2 Å². The summed E-state index contributed by atoms with van der Waals surface area (Å²) in [6, 6.07) is 12.8. The number of aryl methyl sites for hydroxylation is 1. The fourth-order valence-electron chi connectivity index (χ4n) is 3.96. The van der Waals surface area contributed by atoms with Crippen molar-refractivity contribution in [1.82, 2.24) is 9.55 Å². The van der Waals surface area contributed by atoms with Crippen molar-refractivity contribution < 1.29 is 8.42 Å². The topological polar surface area (TPSA) is 69.0 Å². The van der Waals surface area contributed by atoms with Gasteiger partial charge in [-0.05, 0) is 55.0 Å². The first-order valence-corrected chi connectivity index (χ1v) is 11.9. The Hall–Kier alpha value is -1.99. The lowest BCUT2D eigenvalue weighted by molar-refractivity contribution is 0.499. The molecule has 1 atom stereocenters. The van der Waals surface area contributed by atoms with Crippen LogP contribution < -0.4 is 5.56 Å². The van der Waals surface area contributed by atoms with Crippen LogP contribution in [0.15, 0.2) is 63.0 Å². The van der Waals surface area contributed by atoms with Gasteiger partial charge in [-0.2, -0.15) is 0 Å². The lowest BCUT2D eigenvalue weighted by atomic mass is 9.91. The quantitative estimate of drug-likeness (QED) is 0.532. The van der Waals surface area contributed by atoms with E-state index in [2.05, 4.69) is 20.9 Å². The second kappa shape index (κ2) is 7.79. The molecule has 0 N–H and O–H groups in total. The highest BCUT2D eigenvalue weighted by Crippen LogP contribution is 2.40. The van der Waals surface area contributed by atoms with Crippen LogP contribution in [0.1, 0.15) is 37.2 Å². The summed E-state index contributed by atoms with van der Waals surface area (Å²) in [4.78, 5) is 17.4. The smallest absolute Gasteiger partial charge is 0.261 e. The minimum Gasteiger partial charge on any atom is -0.299 e. The number of para-hydroxylation sites is 1. The highest BCUT2D eigenvalue weighted by Gasteiger charge is 2.31. The average Bonchev–Trinajstić information content (AvgIpc) is 2.69. The minimum atomic E-state index is -3.18. The molecule has 3 aromatic rings. The van der Waals surface area contributed by atoms with Crippen LogP contribution in [0.4, 0.5) is 0 Å². The van der Waals surface area contributed by atoms with Crippen LogP contribution in [0.25, 0.3) is 10.9 Å². The number of nitrogens with zero attached hydrogens (tertiary/aromatic N) is 2. The molecule has 0 radical (unpaired) electrons. The van der Waals surface area contributed by atoms with Crippen molar-refractivity contribution in [2.75, 3.05) is 5.75 Å². The molecule has 146 valence electrons. The maximum Gasteiger partial charge on any atom is 0.261 e. The number of rotatable bonds is 5. The molecule has 0 saturated heterocycles. The lowest BCUT2D eigenvalue weighted by Gasteiger charge is -2.26. The molecule has 5 nitrogen and oxygen atoms in total. The Morgan fingerprint density at radius 3 is 2.79 bits per heavy atom. The minimum absolute atomic E-state index is 0.0116. The monoisotopic (exact) mass is 460 g/mol. The highest BCUT2D eigenvalue weighted by atomic mass is 79.9. The maximum absolute atomic E-state index is 12.6. The molecule has 1 unspecified atom stereocenters. The van der Waals surface area contributed by atoms with E-state index in [0.29, 0.717) is 28.8 Å². The Kier molecular flexibility index (Phi) is 5.38. The lowest BCUT2D eigenvalue weighted by Crippen LogP contribution is -2.22. The number of halogens is 1. The summed E-state index contributed by atoms with van der Waals surface area (Å²) in [5, 5.41) is 0.639. The molecule has 1 aliphatic rings. The molecule has 1 aliphatic heterocycles. The van der Waals surface area contributed by atoms with E-state index in [0.717, 1.165) is 29.3 Å². The second-order valence-corrected chi connectivity index (χ2v) is 10.1. The Morgan fingerprint density at radius 2 is 1.93 bits per heavy atom. The first kappa shape index (κ1) is 19.3. The predicted molar refractivity (Wildman–Crippen MR) is 113 cm³/mol. The van der Waals surface area contributed by atoms with Gasteiger partial charge in [-0.25, -0.2) is 13.4 Å². The van der Waals surface area contributed by atoms with Gasteiger partial charge in [0.1, 0.15) is 0 Å². The average molecular weight is 461 g/mol. The summed E-state index contributed by atoms with van der Waals surface area (Å²) >= 11 is 3.53. The third-order valence-electron chi connectivity index (χ3n) is 5.42. The van der Waals surface area contributed by atoms with E-state index in [1.165, 1.54) is 0 Å². The molecular weight excluding hydrogens is 440 g/mol. The van der Waals surface area contributed by atoms with Gasteiger partial charge in [0.25, 0.3) is 5.56 Å². The normalized spacial score (nSPS) is 18.1. The van der Waals surface area contributed by atoms with Gasteiger partial charge in [0, 0.05) is 11.0 Å². The summed E-state index contributed by atoms with van der Waals surface area (Å²) in [6.45, 7) is 0.616. The predicted octanol–water partition coefficient (Wildman–Crippen LogP) is 4.29. The zero-order valence-electron chi connectivity index (χ0n) is 15.3. The maximum atomic E-state index is 12.6. The number of hydrogen-bond acceptors (Lipinski definition) is 4. The van der Waals surface area contributed by atoms with Crippen molar-refractivity contribution in [3.63, 3.8) is 0 Å². The summed E-state index contributed by atoms with van der Waals surface area (Å²) in [6.07, 6.45) is 4.94. The molecule has 1 aromatic heterocycles. The van der Waals surface area contributed by atoms with Gasteiger partial charge in [0.2, 0.25) is 0 Å². The largest absolute Gasteiger partial charge is 0.299 e. The van der Waals surface area contributed by atoms with Crippen molar-refractivity contribution in [1.29, 1.82) is 0 Å². The van der Waals surface area contributed by atoms with Gasteiger partial charge < -0.3 is 0 Å². The number of hydrogen-bond donors (Lipinski definition) is 0. The van der Waals surface area contributed by atoms with Crippen LogP contribution in [0.3, 0.4) is 0 Å². The van der Waals surface area contributed by atoms with Crippen molar-refractivity contribution >= 4 is 36.7 Å². The number of aromatic nitrogens is 2. The SMILES string of the molecule is O=c1c2ccccc2ncn1CCCCC1CCS(=O)(=O)c2cccc(Br)c21.